The van der Waals surface area contributed by atoms with E-state index in [4.69, 9.17) is 10.5 Å². The molecule has 1 heterocycles. The highest BCUT2D eigenvalue weighted by Crippen LogP contribution is 2.29. The second kappa shape index (κ2) is 6.05. The Labute approximate surface area is 117 Å². The molecule has 1 aromatic carbocycles. The smallest absolute Gasteiger partial charge is 0.192 e. The molecule has 7 heteroatoms. The van der Waals surface area contributed by atoms with Gasteiger partial charge in [-0.3, -0.25) is 4.99 Å². The Morgan fingerprint density at radius 2 is 2.30 bits per heavy atom. The lowest BCUT2D eigenvalue weighted by atomic mass is 10.1. The van der Waals surface area contributed by atoms with E-state index in [0.717, 1.165) is 17.1 Å². The number of guanidine groups is 1. The molecular weight excluding hydrogens is 256 g/mol. The van der Waals surface area contributed by atoms with Crippen molar-refractivity contribution in [2.75, 3.05) is 19.0 Å². The van der Waals surface area contributed by atoms with Gasteiger partial charge in [0.1, 0.15) is 12.1 Å². The summed E-state index contributed by atoms with van der Waals surface area (Å²) in [5, 5.41) is 10.9. The minimum absolute atomic E-state index is 0.331. The van der Waals surface area contributed by atoms with Crippen LogP contribution < -0.4 is 15.8 Å². The molecular formula is C13H18N6O. The molecule has 0 radical (unpaired) electrons. The van der Waals surface area contributed by atoms with Gasteiger partial charge in [-0.25, -0.2) is 0 Å². The van der Waals surface area contributed by atoms with Gasteiger partial charge in [0.2, 0.25) is 0 Å². The first-order chi connectivity index (χ1) is 9.65. The highest BCUT2D eigenvalue weighted by Gasteiger charge is 2.10. The zero-order valence-corrected chi connectivity index (χ0v) is 11.8. The van der Waals surface area contributed by atoms with Gasteiger partial charge in [0, 0.05) is 19.7 Å². The third-order valence-electron chi connectivity index (χ3n) is 2.75. The Bertz CT molecular complexity index is 619. The van der Waals surface area contributed by atoms with Gasteiger partial charge in [-0.05, 0) is 25.1 Å². The highest BCUT2D eigenvalue weighted by molar-refractivity contribution is 5.94. The van der Waals surface area contributed by atoms with Gasteiger partial charge in [-0.15, -0.1) is 10.2 Å². The summed E-state index contributed by atoms with van der Waals surface area (Å²) in [5.41, 5.74) is 7.37. The van der Waals surface area contributed by atoms with E-state index >= 15 is 0 Å². The number of benzene rings is 1. The third-order valence-corrected chi connectivity index (χ3v) is 2.75. The van der Waals surface area contributed by atoms with Crippen molar-refractivity contribution in [3.05, 3.63) is 24.5 Å². The summed E-state index contributed by atoms with van der Waals surface area (Å²) in [6.07, 6.45) is 1.66. The van der Waals surface area contributed by atoms with Crippen molar-refractivity contribution in [1.29, 1.82) is 0 Å². The van der Waals surface area contributed by atoms with Crippen LogP contribution in [0, 0.1) is 0 Å². The van der Waals surface area contributed by atoms with Crippen molar-refractivity contribution in [1.82, 2.24) is 14.8 Å². The van der Waals surface area contributed by atoms with Crippen LogP contribution in [-0.2, 0) is 7.05 Å². The summed E-state index contributed by atoms with van der Waals surface area (Å²) in [6.45, 7) is 2.48. The summed E-state index contributed by atoms with van der Waals surface area (Å²) >= 11 is 0. The molecule has 0 spiro atoms. The van der Waals surface area contributed by atoms with Crippen LogP contribution in [-0.4, -0.2) is 34.4 Å². The first kappa shape index (κ1) is 13.9. The van der Waals surface area contributed by atoms with E-state index in [1.807, 2.05) is 36.7 Å². The number of hydrogen-bond donors (Lipinski definition) is 2. The summed E-state index contributed by atoms with van der Waals surface area (Å²) in [7, 11) is 3.51. The molecule has 2 rings (SSSR count). The van der Waals surface area contributed by atoms with Gasteiger partial charge < -0.3 is 20.4 Å². The van der Waals surface area contributed by atoms with Crippen LogP contribution in [0.15, 0.2) is 29.5 Å². The number of nitrogens with one attached hydrogen (secondary N) is 1. The van der Waals surface area contributed by atoms with E-state index in [2.05, 4.69) is 20.5 Å². The van der Waals surface area contributed by atoms with Crippen molar-refractivity contribution in [2.24, 2.45) is 17.8 Å². The highest BCUT2D eigenvalue weighted by atomic mass is 16.5. The number of anilines is 1. The number of aryl methyl sites for hydroxylation is 1. The van der Waals surface area contributed by atoms with E-state index < -0.39 is 0 Å². The molecule has 0 unspecified atom stereocenters. The zero-order valence-electron chi connectivity index (χ0n) is 11.8. The lowest BCUT2D eigenvalue weighted by Gasteiger charge is -2.13. The average molecular weight is 274 g/mol. The van der Waals surface area contributed by atoms with Crippen LogP contribution in [0.25, 0.3) is 11.4 Å². The Kier molecular flexibility index (Phi) is 4.19. The monoisotopic (exact) mass is 274 g/mol. The van der Waals surface area contributed by atoms with Crippen LogP contribution in [0.2, 0.25) is 0 Å². The fourth-order valence-electron chi connectivity index (χ4n) is 1.78. The largest absolute Gasteiger partial charge is 0.492 e. The molecule has 0 saturated carbocycles. The quantitative estimate of drug-likeness (QED) is 0.646. The Morgan fingerprint density at radius 1 is 1.50 bits per heavy atom. The van der Waals surface area contributed by atoms with E-state index in [0.29, 0.717) is 18.3 Å². The maximum Gasteiger partial charge on any atom is 0.192 e. The number of hydrogen-bond acceptors (Lipinski definition) is 4. The van der Waals surface area contributed by atoms with Crippen LogP contribution in [0.3, 0.4) is 0 Å². The van der Waals surface area contributed by atoms with Crippen molar-refractivity contribution in [2.45, 2.75) is 6.92 Å². The molecule has 7 nitrogen and oxygen atoms in total. The van der Waals surface area contributed by atoms with E-state index in [1.54, 1.807) is 13.4 Å². The van der Waals surface area contributed by atoms with E-state index in [-0.39, 0.29) is 0 Å². The number of aromatic nitrogens is 3. The fourth-order valence-corrected chi connectivity index (χ4v) is 1.78. The minimum Gasteiger partial charge on any atom is -0.492 e. The van der Waals surface area contributed by atoms with E-state index in [1.165, 1.54) is 0 Å². The average Bonchev–Trinajstić information content (AvgIpc) is 2.87. The molecule has 2 aromatic rings. The minimum atomic E-state index is 0.331. The molecule has 0 saturated heterocycles. The number of rotatable bonds is 4. The normalized spacial score (nSPS) is 11.4. The molecule has 0 amide bonds. The van der Waals surface area contributed by atoms with Gasteiger partial charge in [0.15, 0.2) is 11.8 Å². The van der Waals surface area contributed by atoms with Crippen LogP contribution >= 0.6 is 0 Å². The SMILES string of the molecule is CCOc1cc(-c2nncn2C)ccc1NC(N)=NC. The molecule has 20 heavy (non-hydrogen) atoms. The van der Waals surface area contributed by atoms with Gasteiger partial charge in [0.05, 0.1) is 12.3 Å². The standard InChI is InChI=1S/C13H18N6O/c1-4-20-11-7-9(12-18-16-8-19(12)3)5-6-10(11)17-13(14)15-2/h5-8H,4H2,1-3H3,(H3,14,15,17). The van der Waals surface area contributed by atoms with Crippen molar-refractivity contribution < 1.29 is 4.74 Å². The predicted octanol–water partition coefficient (Wildman–Crippen LogP) is 1.24. The summed E-state index contributed by atoms with van der Waals surface area (Å²) in [4.78, 5) is 3.87. The molecule has 0 aliphatic rings. The first-order valence-corrected chi connectivity index (χ1v) is 6.26. The zero-order chi connectivity index (χ0) is 14.5. The van der Waals surface area contributed by atoms with Crippen LogP contribution in [0.1, 0.15) is 6.92 Å². The Balaban J connectivity index is 2.39. The van der Waals surface area contributed by atoms with Crippen LogP contribution in [0.4, 0.5) is 5.69 Å². The molecule has 0 fully saturated rings. The second-order valence-electron chi connectivity index (χ2n) is 4.14. The number of aliphatic imine (C=N–C) groups is 1. The second-order valence-corrected chi connectivity index (χ2v) is 4.14. The Morgan fingerprint density at radius 3 is 2.90 bits per heavy atom. The summed E-state index contributed by atoms with van der Waals surface area (Å²) in [6, 6.07) is 5.71. The predicted molar refractivity (Wildman–Crippen MR) is 78.8 cm³/mol. The van der Waals surface area contributed by atoms with Gasteiger partial charge in [0.25, 0.3) is 0 Å². The maximum atomic E-state index is 5.68. The number of nitrogens with two attached hydrogens (primary N) is 1. The third kappa shape index (κ3) is 2.87. The van der Waals surface area contributed by atoms with Crippen molar-refractivity contribution >= 4 is 11.6 Å². The molecule has 0 aliphatic carbocycles. The number of nitrogens with zero attached hydrogens (tertiary/aromatic N) is 4. The Hall–Kier alpha value is -2.57. The first-order valence-electron chi connectivity index (χ1n) is 6.26. The summed E-state index contributed by atoms with van der Waals surface area (Å²) < 4.78 is 7.48. The van der Waals surface area contributed by atoms with Crippen molar-refractivity contribution in [3.8, 4) is 17.1 Å². The topological polar surface area (TPSA) is 90.4 Å². The maximum absolute atomic E-state index is 5.68. The molecule has 0 bridgehead atoms. The van der Waals surface area contributed by atoms with Crippen molar-refractivity contribution in [3.63, 3.8) is 0 Å². The van der Waals surface area contributed by atoms with E-state index in [9.17, 15) is 0 Å². The van der Waals surface area contributed by atoms with Gasteiger partial charge in [-0.1, -0.05) is 0 Å². The molecule has 0 atom stereocenters. The molecule has 1 aromatic heterocycles. The van der Waals surface area contributed by atoms with Crippen LogP contribution in [0.5, 0.6) is 5.75 Å². The molecule has 0 aliphatic heterocycles. The molecule has 106 valence electrons. The summed E-state index contributed by atoms with van der Waals surface area (Å²) in [5.74, 6) is 1.80. The van der Waals surface area contributed by atoms with Gasteiger partial charge >= 0.3 is 0 Å². The molecule has 3 N–H and O–H groups in total. The van der Waals surface area contributed by atoms with Gasteiger partial charge in [-0.2, -0.15) is 0 Å². The number of ether oxygens (including phenoxy) is 1. The lowest BCUT2D eigenvalue weighted by Crippen LogP contribution is -2.22. The fraction of sp³-hybridized carbons (Fsp3) is 0.308. The lowest BCUT2D eigenvalue weighted by molar-refractivity contribution is 0.342.